The van der Waals surface area contributed by atoms with Gasteiger partial charge in [-0.1, -0.05) is 0 Å². The van der Waals surface area contributed by atoms with E-state index < -0.39 is 5.92 Å². The van der Waals surface area contributed by atoms with E-state index in [0.29, 0.717) is 0 Å². The third-order valence-corrected chi connectivity index (χ3v) is 0.439. The van der Waals surface area contributed by atoms with E-state index in [0.717, 1.165) is 6.92 Å². The van der Waals surface area contributed by atoms with E-state index in [1.165, 1.54) is 0 Å². The lowest BCUT2D eigenvalue weighted by atomic mass is 10.4. The van der Waals surface area contributed by atoms with Crippen LogP contribution < -0.4 is 5.73 Å². The zero-order valence-corrected chi connectivity index (χ0v) is 3.67. The summed E-state index contributed by atoms with van der Waals surface area (Å²) in [6.07, 6.45) is 0. The molecule has 0 unspecified atom stereocenters. The minimum atomic E-state index is -2.57. The van der Waals surface area contributed by atoms with Crippen molar-refractivity contribution in [3.05, 3.63) is 0 Å². The Hall–Kier alpha value is -0.180. The fourth-order valence-electron chi connectivity index (χ4n) is 0. The van der Waals surface area contributed by atoms with Gasteiger partial charge in [0.1, 0.15) is 6.54 Å². The van der Waals surface area contributed by atoms with Crippen molar-refractivity contribution in [2.75, 3.05) is 6.54 Å². The molecule has 3 N–H and O–H groups in total. The van der Waals surface area contributed by atoms with Gasteiger partial charge in [0.2, 0.25) is 0 Å². The van der Waals surface area contributed by atoms with Crippen LogP contribution in [0.3, 0.4) is 0 Å². The molecule has 0 aliphatic heterocycles. The van der Waals surface area contributed by atoms with Crippen molar-refractivity contribution in [2.24, 2.45) is 0 Å². The summed E-state index contributed by atoms with van der Waals surface area (Å²) >= 11 is 0. The second-order valence-electron chi connectivity index (χ2n) is 1.32. The van der Waals surface area contributed by atoms with Gasteiger partial charge in [0.05, 0.1) is 0 Å². The average molecular weight is 96.1 g/mol. The third-order valence-electron chi connectivity index (χ3n) is 0.439. The molecule has 6 heavy (non-hydrogen) atoms. The van der Waals surface area contributed by atoms with Gasteiger partial charge in [-0.15, -0.1) is 0 Å². The zero-order chi connectivity index (χ0) is 5.21. The number of hydrogen-bond donors (Lipinski definition) is 1. The van der Waals surface area contributed by atoms with Gasteiger partial charge < -0.3 is 5.73 Å². The predicted octanol–water partition coefficient (Wildman–Crippen LogP) is -0.116. The van der Waals surface area contributed by atoms with E-state index in [4.69, 9.17) is 0 Å². The van der Waals surface area contributed by atoms with Gasteiger partial charge in [0.25, 0.3) is 5.92 Å². The molecule has 0 aromatic heterocycles. The molecule has 0 heterocycles. The number of halogens is 2. The van der Waals surface area contributed by atoms with E-state index >= 15 is 0 Å². The van der Waals surface area contributed by atoms with E-state index in [2.05, 4.69) is 5.73 Å². The molecule has 0 atom stereocenters. The van der Waals surface area contributed by atoms with Gasteiger partial charge in [-0.3, -0.25) is 0 Å². The minimum absolute atomic E-state index is 0.312. The first-order chi connectivity index (χ1) is 2.56. The fraction of sp³-hybridized carbons (Fsp3) is 1.00. The second kappa shape index (κ2) is 1.51. The molecule has 0 aromatic rings. The van der Waals surface area contributed by atoms with Crippen LogP contribution in [-0.4, -0.2) is 12.5 Å². The van der Waals surface area contributed by atoms with Crippen LogP contribution >= 0.6 is 0 Å². The Balaban J connectivity index is 3.17. The molecule has 0 bridgehead atoms. The molecule has 0 amide bonds. The van der Waals surface area contributed by atoms with Crippen molar-refractivity contribution in [3.8, 4) is 0 Å². The van der Waals surface area contributed by atoms with Gasteiger partial charge in [-0.25, -0.2) is 8.78 Å². The van der Waals surface area contributed by atoms with Gasteiger partial charge in [0, 0.05) is 6.92 Å². The Labute approximate surface area is 35.1 Å². The zero-order valence-electron chi connectivity index (χ0n) is 3.67. The first-order valence-electron chi connectivity index (χ1n) is 1.73. The minimum Gasteiger partial charge on any atom is -0.353 e. The SMILES string of the molecule is CC(F)(F)C[NH3+]. The number of rotatable bonds is 1. The van der Waals surface area contributed by atoms with Crippen LogP contribution in [0.5, 0.6) is 0 Å². The Morgan fingerprint density at radius 2 is 1.83 bits per heavy atom. The topological polar surface area (TPSA) is 27.6 Å². The van der Waals surface area contributed by atoms with Gasteiger partial charge in [-0.05, 0) is 0 Å². The van der Waals surface area contributed by atoms with E-state index in [1.54, 1.807) is 0 Å². The number of alkyl halides is 2. The van der Waals surface area contributed by atoms with Crippen molar-refractivity contribution < 1.29 is 14.5 Å². The highest BCUT2D eigenvalue weighted by Gasteiger charge is 2.19. The largest absolute Gasteiger partial charge is 0.353 e. The van der Waals surface area contributed by atoms with Crippen LogP contribution in [0.2, 0.25) is 0 Å². The molecule has 0 aromatic carbocycles. The lowest BCUT2D eigenvalue weighted by molar-refractivity contribution is -0.404. The monoisotopic (exact) mass is 96.1 g/mol. The summed E-state index contributed by atoms with van der Waals surface area (Å²) in [6.45, 7) is 0.535. The highest BCUT2D eigenvalue weighted by atomic mass is 19.3. The van der Waals surface area contributed by atoms with E-state index in [-0.39, 0.29) is 6.54 Å². The van der Waals surface area contributed by atoms with Crippen LogP contribution in [0.1, 0.15) is 6.92 Å². The lowest BCUT2D eigenvalue weighted by Gasteiger charge is -1.99. The summed E-state index contributed by atoms with van der Waals surface area (Å²) in [5.74, 6) is -2.57. The molecule has 1 nitrogen and oxygen atoms in total. The summed E-state index contributed by atoms with van der Waals surface area (Å²) < 4.78 is 22.8. The van der Waals surface area contributed by atoms with Crippen LogP contribution in [-0.2, 0) is 0 Å². The molecule has 0 spiro atoms. The van der Waals surface area contributed by atoms with Crippen molar-refractivity contribution >= 4 is 0 Å². The fourth-order valence-corrected chi connectivity index (χ4v) is 0. The standard InChI is InChI=1S/C3H7F2N/c1-3(4,5)2-6/h2,6H2,1H3/p+1. The van der Waals surface area contributed by atoms with Crippen LogP contribution in [0.4, 0.5) is 8.78 Å². The molecule has 0 saturated heterocycles. The molecule has 0 saturated carbocycles. The van der Waals surface area contributed by atoms with Crippen molar-refractivity contribution in [3.63, 3.8) is 0 Å². The summed E-state index contributed by atoms with van der Waals surface area (Å²) in [5.41, 5.74) is 3.01. The summed E-state index contributed by atoms with van der Waals surface area (Å²) in [7, 11) is 0. The average Bonchev–Trinajstić information content (AvgIpc) is 1.35. The third kappa shape index (κ3) is 3.82. The molecule has 3 heteroatoms. The Morgan fingerprint density at radius 3 is 1.83 bits per heavy atom. The molecule has 0 aliphatic carbocycles. The quantitative estimate of drug-likeness (QED) is 0.471. The Morgan fingerprint density at radius 1 is 1.67 bits per heavy atom. The Kier molecular flexibility index (Phi) is 1.47. The van der Waals surface area contributed by atoms with Crippen LogP contribution in [0, 0.1) is 0 Å². The smallest absolute Gasteiger partial charge is 0.292 e. The van der Waals surface area contributed by atoms with Crippen molar-refractivity contribution in [2.45, 2.75) is 12.8 Å². The molecule has 0 radical (unpaired) electrons. The lowest BCUT2D eigenvalue weighted by Crippen LogP contribution is -2.57. The maximum Gasteiger partial charge on any atom is 0.292 e. The van der Waals surface area contributed by atoms with Gasteiger partial charge >= 0.3 is 0 Å². The summed E-state index contributed by atoms with van der Waals surface area (Å²) in [5, 5.41) is 0. The maximum absolute atomic E-state index is 11.4. The van der Waals surface area contributed by atoms with Crippen LogP contribution in [0.15, 0.2) is 0 Å². The number of quaternary nitrogens is 1. The first-order valence-corrected chi connectivity index (χ1v) is 1.73. The maximum atomic E-state index is 11.4. The second-order valence-corrected chi connectivity index (χ2v) is 1.32. The molecule has 0 aliphatic rings. The molecular formula is C3H8F2N+. The van der Waals surface area contributed by atoms with Gasteiger partial charge in [0.15, 0.2) is 0 Å². The number of hydrogen-bond acceptors (Lipinski definition) is 0. The van der Waals surface area contributed by atoms with E-state index in [1.807, 2.05) is 0 Å². The molecule has 0 rings (SSSR count). The van der Waals surface area contributed by atoms with Gasteiger partial charge in [-0.2, -0.15) is 0 Å². The predicted molar refractivity (Wildman–Crippen MR) is 18.4 cm³/mol. The molecule has 0 fully saturated rings. The Bertz CT molecular complexity index is 38.5. The van der Waals surface area contributed by atoms with Crippen molar-refractivity contribution in [1.29, 1.82) is 0 Å². The van der Waals surface area contributed by atoms with E-state index in [9.17, 15) is 8.78 Å². The molecular weight excluding hydrogens is 88.0 g/mol. The van der Waals surface area contributed by atoms with Crippen molar-refractivity contribution in [1.82, 2.24) is 0 Å². The highest BCUT2D eigenvalue weighted by molar-refractivity contribution is 4.49. The summed E-state index contributed by atoms with van der Waals surface area (Å²) in [6, 6.07) is 0. The molecule has 38 valence electrons. The first kappa shape index (κ1) is 5.82. The van der Waals surface area contributed by atoms with Crippen LogP contribution in [0.25, 0.3) is 0 Å². The highest BCUT2D eigenvalue weighted by Crippen LogP contribution is 2.05. The normalized spacial score (nSPS) is 12.0. The summed E-state index contributed by atoms with van der Waals surface area (Å²) in [4.78, 5) is 0.